The molecule has 0 aromatic heterocycles. The summed E-state index contributed by atoms with van der Waals surface area (Å²) in [6.07, 6.45) is 7.04. The largest absolute Gasteiger partial charge is 0.493 e. The molecule has 0 unspecified atom stereocenters. The van der Waals surface area contributed by atoms with E-state index in [1.807, 2.05) is 48.6 Å². The average Bonchev–Trinajstić information content (AvgIpc) is 2.91. The number of allylic oxidation sites excluding steroid dienone is 1. The molecule has 3 aromatic carbocycles. The Kier molecular flexibility index (Phi) is 8.78. The molecule has 0 amide bonds. The summed E-state index contributed by atoms with van der Waals surface area (Å²) in [6.45, 7) is 0. The van der Waals surface area contributed by atoms with Crippen molar-refractivity contribution in [2.45, 2.75) is 0 Å². The molecule has 0 aliphatic rings. The van der Waals surface area contributed by atoms with Gasteiger partial charge in [0.2, 0.25) is 5.75 Å². The second kappa shape index (κ2) is 12.2. The summed E-state index contributed by atoms with van der Waals surface area (Å²) in [5.41, 5.74) is 3.28. The second-order valence-corrected chi connectivity index (χ2v) is 7.33. The lowest BCUT2D eigenvalue weighted by atomic mass is 10.1. The Morgan fingerprint density at radius 1 is 0.657 bits per heavy atom. The molecule has 0 fully saturated rings. The van der Waals surface area contributed by atoms with E-state index in [0.717, 1.165) is 16.8 Å². The molecule has 0 saturated carbocycles. The highest BCUT2D eigenvalue weighted by atomic mass is 16.5. The quantitative estimate of drug-likeness (QED) is 0.216. The highest BCUT2D eigenvalue weighted by molar-refractivity contribution is 6.05. The van der Waals surface area contributed by atoms with Crippen LogP contribution in [-0.4, -0.2) is 41.3 Å². The summed E-state index contributed by atoms with van der Waals surface area (Å²) in [6, 6.07) is 16.6. The molecule has 0 radical (unpaired) electrons. The van der Waals surface area contributed by atoms with Crippen molar-refractivity contribution in [2.24, 2.45) is 0 Å². The SMILES string of the molecule is COc1ccc(C(=O)C=CNc2ccc(C=Cc3cc(OC)c(OC)c(OC)c3)cc2)cc1OC. The van der Waals surface area contributed by atoms with Crippen molar-refractivity contribution in [3.63, 3.8) is 0 Å². The Bertz CT molecular complexity index is 1190. The summed E-state index contributed by atoms with van der Waals surface area (Å²) in [5.74, 6) is 2.69. The number of carbonyl (C=O) groups excluding carboxylic acids is 1. The van der Waals surface area contributed by atoms with Crippen LogP contribution in [0, 0.1) is 0 Å². The van der Waals surface area contributed by atoms with Crippen LogP contribution in [0.1, 0.15) is 21.5 Å². The van der Waals surface area contributed by atoms with Gasteiger partial charge in [-0.15, -0.1) is 0 Å². The Balaban J connectivity index is 1.64. The number of benzene rings is 3. The molecule has 0 aliphatic carbocycles. The maximum atomic E-state index is 12.5. The lowest BCUT2D eigenvalue weighted by Crippen LogP contribution is -1.98. The number of ether oxygens (including phenoxy) is 5. The topological polar surface area (TPSA) is 75.3 Å². The van der Waals surface area contributed by atoms with Gasteiger partial charge in [0.25, 0.3) is 0 Å². The molecule has 3 rings (SSSR count). The lowest BCUT2D eigenvalue weighted by Gasteiger charge is -2.12. The smallest absolute Gasteiger partial charge is 0.203 e. The van der Waals surface area contributed by atoms with E-state index < -0.39 is 0 Å². The molecule has 7 heteroatoms. The van der Waals surface area contributed by atoms with E-state index in [0.29, 0.717) is 34.3 Å². The van der Waals surface area contributed by atoms with Crippen LogP contribution in [-0.2, 0) is 0 Å². The Hall–Kier alpha value is -4.39. The number of hydrogen-bond donors (Lipinski definition) is 1. The minimum Gasteiger partial charge on any atom is -0.493 e. The van der Waals surface area contributed by atoms with Gasteiger partial charge in [0, 0.05) is 23.5 Å². The molecule has 7 nitrogen and oxygen atoms in total. The minimum atomic E-state index is -0.150. The predicted molar refractivity (Wildman–Crippen MR) is 138 cm³/mol. The molecular formula is C28H29NO6. The Labute approximate surface area is 205 Å². The number of anilines is 1. The van der Waals surface area contributed by atoms with Gasteiger partial charge in [-0.05, 0) is 53.6 Å². The van der Waals surface area contributed by atoms with Crippen LogP contribution >= 0.6 is 0 Å². The van der Waals surface area contributed by atoms with E-state index in [4.69, 9.17) is 23.7 Å². The minimum absolute atomic E-state index is 0.150. The third-order valence-electron chi connectivity index (χ3n) is 5.22. The van der Waals surface area contributed by atoms with E-state index in [-0.39, 0.29) is 5.78 Å². The molecule has 0 atom stereocenters. The highest BCUT2D eigenvalue weighted by Gasteiger charge is 2.12. The fraction of sp³-hybridized carbons (Fsp3) is 0.179. The van der Waals surface area contributed by atoms with Gasteiger partial charge < -0.3 is 29.0 Å². The maximum absolute atomic E-state index is 12.5. The van der Waals surface area contributed by atoms with Crippen LogP contribution in [0.2, 0.25) is 0 Å². The molecule has 0 heterocycles. The van der Waals surface area contributed by atoms with Crippen LogP contribution in [0.3, 0.4) is 0 Å². The number of carbonyl (C=O) groups is 1. The van der Waals surface area contributed by atoms with Crippen molar-refractivity contribution < 1.29 is 28.5 Å². The zero-order valence-corrected chi connectivity index (χ0v) is 20.5. The van der Waals surface area contributed by atoms with Gasteiger partial charge in [0.1, 0.15) is 0 Å². The number of rotatable bonds is 11. The Morgan fingerprint density at radius 2 is 1.26 bits per heavy atom. The highest BCUT2D eigenvalue weighted by Crippen LogP contribution is 2.38. The fourth-order valence-electron chi connectivity index (χ4n) is 3.38. The van der Waals surface area contributed by atoms with Crippen LogP contribution < -0.4 is 29.0 Å². The zero-order chi connectivity index (χ0) is 25.2. The number of ketones is 1. The van der Waals surface area contributed by atoms with Crippen LogP contribution in [0.15, 0.2) is 66.9 Å². The van der Waals surface area contributed by atoms with Crippen molar-refractivity contribution >= 4 is 23.6 Å². The van der Waals surface area contributed by atoms with E-state index in [1.165, 1.54) is 13.2 Å². The number of nitrogens with one attached hydrogen (secondary N) is 1. The molecular weight excluding hydrogens is 446 g/mol. The zero-order valence-electron chi connectivity index (χ0n) is 20.5. The predicted octanol–water partition coefficient (Wildman–Crippen LogP) is 5.71. The fourth-order valence-corrected chi connectivity index (χ4v) is 3.38. The second-order valence-electron chi connectivity index (χ2n) is 7.33. The van der Waals surface area contributed by atoms with Crippen molar-refractivity contribution in [1.82, 2.24) is 0 Å². The maximum Gasteiger partial charge on any atom is 0.203 e. The monoisotopic (exact) mass is 475 g/mol. The number of hydrogen-bond acceptors (Lipinski definition) is 7. The lowest BCUT2D eigenvalue weighted by molar-refractivity contribution is 0.104. The molecule has 182 valence electrons. The summed E-state index contributed by atoms with van der Waals surface area (Å²) in [5, 5.41) is 3.11. The van der Waals surface area contributed by atoms with Gasteiger partial charge in [0.15, 0.2) is 28.8 Å². The molecule has 0 saturated heterocycles. The average molecular weight is 476 g/mol. The first-order valence-electron chi connectivity index (χ1n) is 10.8. The van der Waals surface area contributed by atoms with Gasteiger partial charge in [-0.25, -0.2) is 0 Å². The van der Waals surface area contributed by atoms with Crippen LogP contribution in [0.25, 0.3) is 12.2 Å². The molecule has 0 spiro atoms. The molecule has 0 aliphatic heterocycles. The number of methoxy groups -OCH3 is 5. The third kappa shape index (κ3) is 6.35. The summed E-state index contributed by atoms with van der Waals surface area (Å²) in [4.78, 5) is 12.5. The van der Waals surface area contributed by atoms with Crippen LogP contribution in [0.5, 0.6) is 28.7 Å². The first kappa shape index (κ1) is 25.2. The summed E-state index contributed by atoms with van der Waals surface area (Å²) < 4.78 is 26.6. The molecule has 3 aromatic rings. The van der Waals surface area contributed by atoms with E-state index in [1.54, 1.807) is 52.8 Å². The standard InChI is InChI=1S/C28H29NO6/c1-31-24-13-10-21(18-25(24)32-2)23(30)14-15-29-22-11-8-19(9-12-22)6-7-20-16-26(33-3)28(35-5)27(17-20)34-4/h6-18,29H,1-5H3. The normalized spacial score (nSPS) is 10.9. The van der Waals surface area contributed by atoms with Crippen molar-refractivity contribution in [2.75, 3.05) is 40.9 Å². The molecule has 35 heavy (non-hydrogen) atoms. The van der Waals surface area contributed by atoms with Crippen molar-refractivity contribution in [3.8, 4) is 28.7 Å². The first-order valence-corrected chi connectivity index (χ1v) is 10.8. The first-order chi connectivity index (χ1) is 17.0. The van der Waals surface area contributed by atoms with Crippen molar-refractivity contribution in [1.29, 1.82) is 0 Å². The van der Waals surface area contributed by atoms with Gasteiger partial charge in [0.05, 0.1) is 35.5 Å². The van der Waals surface area contributed by atoms with Gasteiger partial charge in [-0.2, -0.15) is 0 Å². The Morgan fingerprint density at radius 3 is 1.83 bits per heavy atom. The van der Waals surface area contributed by atoms with E-state index in [2.05, 4.69) is 5.32 Å². The third-order valence-corrected chi connectivity index (χ3v) is 5.22. The van der Waals surface area contributed by atoms with Crippen molar-refractivity contribution in [3.05, 3.63) is 83.6 Å². The van der Waals surface area contributed by atoms with Gasteiger partial charge >= 0.3 is 0 Å². The van der Waals surface area contributed by atoms with Crippen LogP contribution in [0.4, 0.5) is 5.69 Å². The molecule has 1 N–H and O–H groups in total. The summed E-state index contributed by atoms with van der Waals surface area (Å²) in [7, 11) is 7.84. The van der Waals surface area contributed by atoms with E-state index in [9.17, 15) is 4.79 Å². The summed E-state index contributed by atoms with van der Waals surface area (Å²) >= 11 is 0. The van der Waals surface area contributed by atoms with Gasteiger partial charge in [-0.3, -0.25) is 4.79 Å². The van der Waals surface area contributed by atoms with E-state index >= 15 is 0 Å². The molecule has 0 bridgehead atoms. The van der Waals surface area contributed by atoms with Gasteiger partial charge in [-0.1, -0.05) is 24.3 Å².